The highest BCUT2D eigenvalue weighted by Gasteiger charge is 2.57. The zero-order valence-electron chi connectivity index (χ0n) is 15.9. The molecule has 0 spiro atoms. The maximum Gasteiger partial charge on any atom is 0.257 e. The minimum atomic E-state index is -0.498. The molecule has 2 fully saturated rings. The molecule has 3 aromatic rings. The molecule has 5 heterocycles. The van der Waals surface area contributed by atoms with Gasteiger partial charge in [0.25, 0.3) is 11.8 Å². The molecular weight excluding hydrogens is 372 g/mol. The summed E-state index contributed by atoms with van der Waals surface area (Å²) in [4.78, 5) is 38.2. The van der Waals surface area contributed by atoms with Crippen molar-refractivity contribution >= 4 is 11.8 Å². The number of hydrogen-bond acceptors (Lipinski definition) is 6. The third-order valence-electron chi connectivity index (χ3n) is 5.90. The van der Waals surface area contributed by atoms with Crippen molar-refractivity contribution in [1.82, 2.24) is 30.0 Å². The van der Waals surface area contributed by atoms with E-state index in [4.69, 9.17) is 4.42 Å². The Morgan fingerprint density at radius 1 is 1.17 bits per heavy atom. The summed E-state index contributed by atoms with van der Waals surface area (Å²) in [5.74, 6) is 1.28. The Balaban J connectivity index is 1.46. The number of fused-ring (bicyclic) bond motifs is 1. The summed E-state index contributed by atoms with van der Waals surface area (Å²) >= 11 is 0. The molecule has 29 heavy (non-hydrogen) atoms. The van der Waals surface area contributed by atoms with Crippen molar-refractivity contribution in [2.75, 3.05) is 26.2 Å². The van der Waals surface area contributed by atoms with Crippen LogP contribution in [0.1, 0.15) is 32.4 Å². The van der Waals surface area contributed by atoms with Crippen LogP contribution in [0.25, 0.3) is 0 Å². The third-order valence-corrected chi connectivity index (χ3v) is 5.90. The van der Waals surface area contributed by atoms with Crippen molar-refractivity contribution in [3.05, 3.63) is 65.9 Å². The van der Waals surface area contributed by atoms with Gasteiger partial charge in [-0.15, -0.1) is 0 Å². The van der Waals surface area contributed by atoms with E-state index in [1.54, 1.807) is 30.6 Å². The van der Waals surface area contributed by atoms with Crippen molar-refractivity contribution in [3.63, 3.8) is 0 Å². The zero-order chi connectivity index (χ0) is 20.0. The number of likely N-dealkylation sites (tertiary alicyclic amines) is 2. The fourth-order valence-electron chi connectivity index (χ4n) is 4.50. The molecule has 2 aliphatic heterocycles. The Hall–Kier alpha value is -3.49. The topological polar surface area (TPSA) is 108 Å². The van der Waals surface area contributed by atoms with E-state index in [0.717, 1.165) is 0 Å². The maximum absolute atomic E-state index is 13.0. The lowest BCUT2D eigenvalue weighted by atomic mass is 9.80. The molecule has 2 amide bonds. The number of nitrogens with one attached hydrogen (secondary N) is 1. The summed E-state index contributed by atoms with van der Waals surface area (Å²) in [7, 11) is 0. The molecule has 0 aliphatic carbocycles. The quantitative estimate of drug-likeness (QED) is 0.719. The van der Waals surface area contributed by atoms with Gasteiger partial charge in [0, 0.05) is 44.5 Å². The first-order valence-corrected chi connectivity index (χ1v) is 9.47. The van der Waals surface area contributed by atoms with Gasteiger partial charge < -0.3 is 14.2 Å². The van der Waals surface area contributed by atoms with Crippen LogP contribution >= 0.6 is 0 Å². The molecule has 3 aromatic heterocycles. The number of nitrogens with zero attached hydrogens (tertiary/aromatic N) is 5. The molecular formula is C20H20N6O3. The summed E-state index contributed by atoms with van der Waals surface area (Å²) in [6.45, 7) is 3.83. The first-order chi connectivity index (χ1) is 14.1. The van der Waals surface area contributed by atoms with E-state index in [1.807, 2.05) is 16.7 Å². The minimum absolute atomic E-state index is 0.0502. The minimum Gasteiger partial charge on any atom is -0.472 e. The second-order valence-corrected chi connectivity index (χ2v) is 7.72. The van der Waals surface area contributed by atoms with Gasteiger partial charge >= 0.3 is 0 Å². The number of carbonyl (C=O) groups excluding carboxylic acids is 2. The van der Waals surface area contributed by atoms with Crippen LogP contribution in [-0.2, 0) is 5.41 Å². The van der Waals surface area contributed by atoms with Crippen molar-refractivity contribution in [2.24, 2.45) is 5.92 Å². The van der Waals surface area contributed by atoms with Gasteiger partial charge in [-0.2, -0.15) is 5.10 Å². The second kappa shape index (κ2) is 6.54. The molecule has 2 atom stereocenters. The highest BCUT2D eigenvalue weighted by Crippen LogP contribution is 2.44. The van der Waals surface area contributed by atoms with Crippen LogP contribution in [0.3, 0.4) is 0 Å². The highest BCUT2D eigenvalue weighted by molar-refractivity contribution is 5.95. The lowest BCUT2D eigenvalue weighted by Crippen LogP contribution is -2.41. The summed E-state index contributed by atoms with van der Waals surface area (Å²) in [6.07, 6.45) is 6.17. The smallest absolute Gasteiger partial charge is 0.257 e. The molecule has 0 radical (unpaired) electrons. The van der Waals surface area contributed by atoms with Crippen molar-refractivity contribution in [1.29, 1.82) is 0 Å². The number of aromatic nitrogens is 4. The molecule has 148 valence electrons. The van der Waals surface area contributed by atoms with E-state index in [-0.39, 0.29) is 17.7 Å². The molecule has 2 saturated heterocycles. The van der Waals surface area contributed by atoms with E-state index in [9.17, 15) is 9.59 Å². The second-order valence-electron chi connectivity index (χ2n) is 7.72. The van der Waals surface area contributed by atoms with Crippen LogP contribution in [-0.4, -0.2) is 68.0 Å². The fourth-order valence-corrected chi connectivity index (χ4v) is 4.50. The molecule has 0 aromatic carbocycles. The van der Waals surface area contributed by atoms with Gasteiger partial charge in [-0.25, -0.2) is 4.98 Å². The number of carbonyl (C=O) groups is 2. The number of aromatic amines is 1. The first kappa shape index (κ1) is 17.6. The van der Waals surface area contributed by atoms with Gasteiger partial charge in [0.05, 0.1) is 22.8 Å². The maximum atomic E-state index is 13.0. The Kier molecular flexibility index (Phi) is 3.97. The van der Waals surface area contributed by atoms with Gasteiger partial charge in [-0.3, -0.25) is 19.7 Å². The van der Waals surface area contributed by atoms with Gasteiger partial charge in [-0.05, 0) is 25.1 Å². The fraction of sp³-hybridized carbons (Fsp3) is 0.350. The molecule has 9 heteroatoms. The molecule has 5 rings (SSSR count). The Morgan fingerprint density at radius 2 is 1.93 bits per heavy atom. The van der Waals surface area contributed by atoms with E-state index in [1.165, 1.54) is 12.5 Å². The highest BCUT2D eigenvalue weighted by atomic mass is 16.3. The number of rotatable bonds is 3. The molecule has 1 N–H and O–H groups in total. The van der Waals surface area contributed by atoms with Crippen LogP contribution in [0, 0.1) is 12.8 Å². The van der Waals surface area contributed by atoms with Gasteiger partial charge in [0.15, 0.2) is 5.82 Å². The molecule has 9 nitrogen and oxygen atoms in total. The normalized spacial score (nSPS) is 23.4. The van der Waals surface area contributed by atoms with Gasteiger partial charge in [-0.1, -0.05) is 0 Å². The van der Waals surface area contributed by atoms with E-state index < -0.39 is 5.41 Å². The average Bonchev–Trinajstić information content (AvgIpc) is 3.50. The predicted octanol–water partition coefficient (Wildman–Crippen LogP) is 1.27. The molecule has 2 aliphatic rings. The number of aryl methyl sites for hydroxylation is 1. The standard InChI is InChI=1S/C20H20N6O3/c1-13-22-19(24-23-13)20-11-25(17(27)14-3-2-5-21-7-14)8-16(20)9-26(12-20)18(28)15-4-6-29-10-15/h2-7,10,16H,8-9,11-12H2,1H3,(H,22,23,24)/t16-,20-/m0/s1. The number of pyridine rings is 1. The average molecular weight is 392 g/mol. The van der Waals surface area contributed by atoms with Gasteiger partial charge in [0.2, 0.25) is 0 Å². The van der Waals surface area contributed by atoms with E-state index in [2.05, 4.69) is 20.2 Å². The van der Waals surface area contributed by atoms with E-state index >= 15 is 0 Å². The SMILES string of the molecule is Cc1nc([C@]23CN(C(=O)c4cccnc4)C[C@H]2CN(C(=O)c2ccoc2)C3)n[nH]1. The third kappa shape index (κ3) is 2.81. The molecule has 0 bridgehead atoms. The van der Waals surface area contributed by atoms with Crippen molar-refractivity contribution in [2.45, 2.75) is 12.3 Å². The Morgan fingerprint density at radius 3 is 2.52 bits per heavy atom. The van der Waals surface area contributed by atoms with Crippen LogP contribution in [0.2, 0.25) is 0 Å². The summed E-state index contributed by atoms with van der Waals surface area (Å²) < 4.78 is 5.06. The summed E-state index contributed by atoms with van der Waals surface area (Å²) in [5.41, 5.74) is 0.580. The van der Waals surface area contributed by atoms with Crippen LogP contribution < -0.4 is 0 Å². The number of H-pyrrole nitrogens is 1. The lowest BCUT2D eigenvalue weighted by molar-refractivity contribution is 0.0731. The van der Waals surface area contributed by atoms with E-state index in [0.29, 0.717) is 49.0 Å². The summed E-state index contributed by atoms with van der Waals surface area (Å²) in [6, 6.07) is 5.18. The van der Waals surface area contributed by atoms with Crippen molar-refractivity contribution in [3.8, 4) is 0 Å². The zero-order valence-corrected chi connectivity index (χ0v) is 15.9. The predicted molar refractivity (Wildman–Crippen MR) is 101 cm³/mol. The van der Waals surface area contributed by atoms with Crippen LogP contribution in [0.5, 0.6) is 0 Å². The Bertz CT molecular complexity index is 1050. The first-order valence-electron chi connectivity index (χ1n) is 9.47. The molecule has 0 unspecified atom stereocenters. The molecule has 0 saturated carbocycles. The van der Waals surface area contributed by atoms with Crippen molar-refractivity contribution < 1.29 is 14.0 Å². The lowest BCUT2D eigenvalue weighted by Gasteiger charge is -2.26. The summed E-state index contributed by atoms with van der Waals surface area (Å²) in [5, 5.41) is 7.32. The van der Waals surface area contributed by atoms with Crippen LogP contribution in [0.4, 0.5) is 0 Å². The number of hydrogen-bond donors (Lipinski definition) is 1. The number of furan rings is 1. The monoisotopic (exact) mass is 392 g/mol. The van der Waals surface area contributed by atoms with Gasteiger partial charge in [0.1, 0.15) is 12.1 Å². The Labute approximate surface area is 166 Å². The van der Waals surface area contributed by atoms with Crippen LogP contribution in [0.15, 0.2) is 47.5 Å². The largest absolute Gasteiger partial charge is 0.472 e. The number of amides is 2.